The zero-order valence-corrected chi connectivity index (χ0v) is 13.1. The minimum atomic E-state index is 0.545. The topological polar surface area (TPSA) is 52.6 Å². The fourth-order valence-corrected chi connectivity index (χ4v) is 2.54. The van der Waals surface area contributed by atoms with E-state index in [-0.39, 0.29) is 0 Å². The summed E-state index contributed by atoms with van der Waals surface area (Å²) in [6, 6.07) is 7.77. The van der Waals surface area contributed by atoms with Gasteiger partial charge >= 0.3 is 0 Å². The number of hydrogen-bond donors (Lipinski definition) is 1. The van der Waals surface area contributed by atoms with Crippen molar-refractivity contribution in [3.05, 3.63) is 40.6 Å². The first-order valence-electron chi connectivity index (χ1n) is 6.59. The maximum absolute atomic E-state index is 5.63. The van der Waals surface area contributed by atoms with E-state index in [1.165, 1.54) is 0 Å². The van der Waals surface area contributed by atoms with Crippen LogP contribution in [0.2, 0.25) is 0 Å². The second-order valence-corrected chi connectivity index (χ2v) is 5.27. The van der Waals surface area contributed by atoms with Crippen LogP contribution in [0.15, 0.2) is 35.1 Å². The van der Waals surface area contributed by atoms with Crippen molar-refractivity contribution in [1.29, 1.82) is 0 Å². The molecule has 0 bridgehead atoms. The minimum Gasteiger partial charge on any atom is -0.493 e. The molecule has 0 amide bonds. The number of halogens is 1. The van der Waals surface area contributed by atoms with Crippen molar-refractivity contribution in [2.24, 2.45) is 0 Å². The van der Waals surface area contributed by atoms with Gasteiger partial charge in [-0.3, -0.25) is 0 Å². The number of pyridine rings is 1. The van der Waals surface area contributed by atoms with E-state index in [1.807, 2.05) is 24.3 Å². The van der Waals surface area contributed by atoms with Gasteiger partial charge in [0.2, 0.25) is 5.75 Å². The lowest BCUT2D eigenvalue weighted by atomic mass is 10.1. The zero-order chi connectivity index (χ0) is 14.7. The van der Waals surface area contributed by atoms with Crippen LogP contribution in [0.5, 0.6) is 17.2 Å². The molecule has 0 radical (unpaired) electrons. The molecule has 6 heteroatoms. The standard InChI is InChI=1S/C15H15BrN2O3/c1-19-12-7-10(8-13-14(12)21-6-5-20-13)9-18-11-3-2-4-17-15(11)16/h2-4,7-8,18H,5-6,9H2,1H3. The average Bonchev–Trinajstić information content (AvgIpc) is 2.53. The van der Waals surface area contributed by atoms with E-state index in [9.17, 15) is 0 Å². The fourth-order valence-electron chi connectivity index (χ4n) is 2.14. The Morgan fingerprint density at radius 2 is 2.19 bits per heavy atom. The number of ether oxygens (including phenoxy) is 3. The zero-order valence-electron chi connectivity index (χ0n) is 11.6. The Kier molecular flexibility index (Phi) is 4.15. The van der Waals surface area contributed by atoms with Crippen molar-refractivity contribution >= 4 is 21.6 Å². The normalized spacial score (nSPS) is 12.9. The quantitative estimate of drug-likeness (QED) is 0.858. The first-order chi connectivity index (χ1) is 10.3. The third-order valence-electron chi connectivity index (χ3n) is 3.13. The largest absolute Gasteiger partial charge is 0.493 e. The number of fused-ring (bicyclic) bond motifs is 1. The van der Waals surface area contributed by atoms with Gasteiger partial charge in [0.25, 0.3) is 0 Å². The second kappa shape index (κ2) is 6.22. The molecule has 5 nitrogen and oxygen atoms in total. The first kappa shape index (κ1) is 14.0. The lowest BCUT2D eigenvalue weighted by molar-refractivity contribution is 0.165. The lowest BCUT2D eigenvalue weighted by Gasteiger charge is -2.21. The molecule has 0 saturated carbocycles. The SMILES string of the molecule is COc1cc(CNc2cccnc2Br)cc2c1OCCO2. The summed E-state index contributed by atoms with van der Waals surface area (Å²) in [5.74, 6) is 2.09. The van der Waals surface area contributed by atoms with E-state index in [4.69, 9.17) is 14.2 Å². The lowest BCUT2D eigenvalue weighted by Crippen LogP contribution is -2.16. The number of rotatable bonds is 4. The Morgan fingerprint density at radius 1 is 1.33 bits per heavy atom. The van der Waals surface area contributed by atoms with Crippen LogP contribution >= 0.6 is 15.9 Å². The van der Waals surface area contributed by atoms with Crippen molar-refractivity contribution < 1.29 is 14.2 Å². The molecule has 0 saturated heterocycles. The highest BCUT2D eigenvalue weighted by Gasteiger charge is 2.18. The summed E-state index contributed by atoms with van der Waals surface area (Å²) in [6.45, 7) is 1.74. The van der Waals surface area contributed by atoms with Gasteiger partial charge in [0.05, 0.1) is 12.8 Å². The average molecular weight is 351 g/mol. The molecule has 0 unspecified atom stereocenters. The molecule has 1 aromatic heterocycles. The van der Waals surface area contributed by atoms with Gasteiger partial charge in [-0.1, -0.05) is 0 Å². The summed E-state index contributed by atoms with van der Waals surface area (Å²) in [7, 11) is 1.63. The second-order valence-electron chi connectivity index (χ2n) is 4.52. The minimum absolute atomic E-state index is 0.545. The summed E-state index contributed by atoms with van der Waals surface area (Å²) in [6.07, 6.45) is 1.74. The summed E-state index contributed by atoms with van der Waals surface area (Å²) in [5, 5.41) is 3.33. The highest BCUT2D eigenvalue weighted by atomic mass is 79.9. The van der Waals surface area contributed by atoms with E-state index in [0.717, 1.165) is 21.6 Å². The van der Waals surface area contributed by atoms with Crippen LogP contribution in [-0.4, -0.2) is 25.3 Å². The Balaban J connectivity index is 1.81. The Labute approximate surface area is 131 Å². The van der Waals surface area contributed by atoms with E-state index in [1.54, 1.807) is 13.3 Å². The number of benzene rings is 1. The van der Waals surface area contributed by atoms with Gasteiger partial charge in [0.1, 0.15) is 17.8 Å². The van der Waals surface area contributed by atoms with Crippen molar-refractivity contribution in [1.82, 2.24) is 4.98 Å². The molecule has 1 aliphatic heterocycles. The molecule has 21 heavy (non-hydrogen) atoms. The van der Waals surface area contributed by atoms with Crippen LogP contribution in [0.1, 0.15) is 5.56 Å². The van der Waals surface area contributed by atoms with Crippen LogP contribution in [0.3, 0.4) is 0 Å². The van der Waals surface area contributed by atoms with Gasteiger partial charge < -0.3 is 19.5 Å². The Bertz CT molecular complexity index is 632. The number of hydrogen-bond acceptors (Lipinski definition) is 5. The first-order valence-corrected chi connectivity index (χ1v) is 7.38. The summed E-state index contributed by atoms with van der Waals surface area (Å²) in [5.41, 5.74) is 1.98. The Hall–Kier alpha value is -1.95. The molecule has 3 rings (SSSR count). The highest BCUT2D eigenvalue weighted by Crippen LogP contribution is 2.40. The van der Waals surface area contributed by atoms with E-state index in [2.05, 4.69) is 26.2 Å². The summed E-state index contributed by atoms with van der Waals surface area (Å²) >= 11 is 3.42. The molecule has 2 heterocycles. The van der Waals surface area contributed by atoms with E-state index >= 15 is 0 Å². The maximum Gasteiger partial charge on any atom is 0.203 e. The monoisotopic (exact) mass is 350 g/mol. The number of nitrogens with one attached hydrogen (secondary N) is 1. The number of anilines is 1. The third-order valence-corrected chi connectivity index (χ3v) is 3.76. The maximum atomic E-state index is 5.63. The van der Waals surface area contributed by atoms with Crippen molar-refractivity contribution in [2.75, 3.05) is 25.6 Å². The molecule has 0 fully saturated rings. The Morgan fingerprint density at radius 3 is 3.00 bits per heavy atom. The van der Waals surface area contributed by atoms with Gasteiger partial charge in [-0.25, -0.2) is 4.98 Å². The smallest absolute Gasteiger partial charge is 0.203 e. The highest BCUT2D eigenvalue weighted by molar-refractivity contribution is 9.10. The molecule has 2 aromatic rings. The molecular weight excluding hydrogens is 336 g/mol. The van der Waals surface area contributed by atoms with Gasteiger partial charge in [-0.05, 0) is 45.8 Å². The van der Waals surface area contributed by atoms with Crippen LogP contribution in [0.4, 0.5) is 5.69 Å². The predicted octanol–water partition coefficient (Wildman–Crippen LogP) is 3.24. The van der Waals surface area contributed by atoms with Crippen LogP contribution in [-0.2, 0) is 6.54 Å². The molecule has 0 aliphatic carbocycles. The van der Waals surface area contributed by atoms with Crippen molar-refractivity contribution in [3.63, 3.8) is 0 Å². The van der Waals surface area contributed by atoms with Crippen LogP contribution < -0.4 is 19.5 Å². The number of nitrogens with zero attached hydrogens (tertiary/aromatic N) is 1. The third kappa shape index (κ3) is 3.05. The molecule has 1 aliphatic rings. The van der Waals surface area contributed by atoms with Crippen LogP contribution in [0, 0.1) is 0 Å². The fraction of sp³-hybridized carbons (Fsp3) is 0.267. The van der Waals surface area contributed by atoms with E-state index in [0.29, 0.717) is 31.3 Å². The van der Waals surface area contributed by atoms with Gasteiger partial charge in [0.15, 0.2) is 11.5 Å². The van der Waals surface area contributed by atoms with Crippen molar-refractivity contribution in [3.8, 4) is 17.2 Å². The molecule has 1 N–H and O–H groups in total. The molecule has 1 aromatic carbocycles. The molecule has 0 atom stereocenters. The van der Waals surface area contributed by atoms with Crippen LogP contribution in [0.25, 0.3) is 0 Å². The molecular formula is C15H15BrN2O3. The van der Waals surface area contributed by atoms with Gasteiger partial charge in [-0.2, -0.15) is 0 Å². The summed E-state index contributed by atoms with van der Waals surface area (Å²) in [4.78, 5) is 4.18. The van der Waals surface area contributed by atoms with Gasteiger partial charge in [-0.15, -0.1) is 0 Å². The predicted molar refractivity (Wildman–Crippen MR) is 83.2 cm³/mol. The summed E-state index contributed by atoms with van der Waals surface area (Å²) < 4.78 is 17.4. The number of aromatic nitrogens is 1. The number of methoxy groups -OCH3 is 1. The van der Waals surface area contributed by atoms with Gasteiger partial charge in [0, 0.05) is 12.7 Å². The molecule has 0 spiro atoms. The van der Waals surface area contributed by atoms with Crippen molar-refractivity contribution in [2.45, 2.75) is 6.54 Å². The van der Waals surface area contributed by atoms with E-state index < -0.39 is 0 Å². The molecule has 110 valence electrons.